The summed E-state index contributed by atoms with van der Waals surface area (Å²) >= 11 is 5.81. The summed E-state index contributed by atoms with van der Waals surface area (Å²) in [4.78, 5) is 40.3. The normalized spacial score (nSPS) is 20.4. The van der Waals surface area contributed by atoms with Crippen LogP contribution in [0.2, 0.25) is 5.02 Å². The van der Waals surface area contributed by atoms with Crippen LogP contribution in [0.1, 0.15) is 42.5 Å². The Hall–Kier alpha value is -1.88. The van der Waals surface area contributed by atoms with Crippen LogP contribution < -0.4 is 0 Å². The SMILES string of the molecule is CN1C(=O)N(CC(=O)c2ccc(Cl)cc2)C(=O)C12CCCCC2. The first kappa shape index (κ1) is 16.0. The van der Waals surface area contributed by atoms with E-state index in [2.05, 4.69) is 0 Å². The van der Waals surface area contributed by atoms with Gasteiger partial charge in [0.15, 0.2) is 5.78 Å². The predicted octanol–water partition coefficient (Wildman–Crippen LogP) is 3.12. The van der Waals surface area contributed by atoms with Crippen LogP contribution in [0.4, 0.5) is 4.79 Å². The van der Waals surface area contributed by atoms with Crippen molar-refractivity contribution in [1.29, 1.82) is 0 Å². The fourth-order valence-corrected chi connectivity index (χ4v) is 3.67. The third-order valence-corrected chi connectivity index (χ3v) is 5.20. The van der Waals surface area contributed by atoms with E-state index in [1.54, 1.807) is 31.3 Å². The Labute approximate surface area is 140 Å². The van der Waals surface area contributed by atoms with Gasteiger partial charge >= 0.3 is 6.03 Å². The van der Waals surface area contributed by atoms with Crippen LogP contribution in [-0.4, -0.2) is 46.7 Å². The van der Waals surface area contributed by atoms with Crippen molar-refractivity contribution in [2.75, 3.05) is 13.6 Å². The topological polar surface area (TPSA) is 57.7 Å². The number of ketones is 1. The standard InChI is InChI=1S/C17H19ClN2O3/c1-19-16(23)20(15(22)17(19)9-3-2-4-10-17)11-14(21)12-5-7-13(18)8-6-12/h5-8H,2-4,9-11H2,1H3. The van der Waals surface area contributed by atoms with Crippen molar-refractivity contribution in [2.24, 2.45) is 0 Å². The van der Waals surface area contributed by atoms with Crippen molar-refractivity contribution in [3.8, 4) is 0 Å². The molecule has 0 aromatic heterocycles. The van der Waals surface area contributed by atoms with Gasteiger partial charge in [0.05, 0.1) is 6.54 Å². The Morgan fingerprint density at radius 3 is 2.35 bits per heavy atom. The Balaban J connectivity index is 1.80. The molecule has 2 fully saturated rings. The van der Waals surface area contributed by atoms with Crippen LogP contribution in [0.5, 0.6) is 0 Å². The van der Waals surface area contributed by atoms with Crippen LogP contribution >= 0.6 is 11.6 Å². The Morgan fingerprint density at radius 2 is 1.74 bits per heavy atom. The number of Topliss-reactive ketones (excluding diaryl/α,β-unsaturated/α-hetero) is 1. The van der Waals surface area contributed by atoms with Gasteiger partial charge in [0, 0.05) is 17.6 Å². The maximum absolute atomic E-state index is 12.8. The number of carbonyl (C=O) groups is 3. The summed E-state index contributed by atoms with van der Waals surface area (Å²) in [7, 11) is 1.66. The minimum atomic E-state index is -0.740. The van der Waals surface area contributed by atoms with E-state index in [1.165, 1.54) is 4.90 Å². The van der Waals surface area contributed by atoms with Gasteiger partial charge in [0.25, 0.3) is 5.91 Å². The van der Waals surface area contributed by atoms with Crippen LogP contribution in [0, 0.1) is 0 Å². The van der Waals surface area contributed by atoms with Gasteiger partial charge in [-0.3, -0.25) is 14.5 Å². The van der Waals surface area contributed by atoms with E-state index in [4.69, 9.17) is 11.6 Å². The monoisotopic (exact) mass is 334 g/mol. The van der Waals surface area contributed by atoms with Crippen LogP contribution in [0.15, 0.2) is 24.3 Å². The van der Waals surface area contributed by atoms with E-state index in [9.17, 15) is 14.4 Å². The number of carbonyl (C=O) groups excluding carboxylic acids is 3. The highest BCUT2D eigenvalue weighted by Crippen LogP contribution is 2.39. The first-order valence-electron chi connectivity index (χ1n) is 7.84. The minimum Gasteiger partial charge on any atom is -0.313 e. The second kappa shape index (κ2) is 5.96. The Morgan fingerprint density at radius 1 is 1.13 bits per heavy atom. The van der Waals surface area contributed by atoms with E-state index < -0.39 is 5.54 Å². The van der Waals surface area contributed by atoms with Gasteiger partial charge in [0.1, 0.15) is 5.54 Å². The molecule has 5 nitrogen and oxygen atoms in total. The molecular weight excluding hydrogens is 316 g/mol. The van der Waals surface area contributed by atoms with E-state index in [0.29, 0.717) is 23.4 Å². The zero-order chi connectivity index (χ0) is 16.6. The van der Waals surface area contributed by atoms with Gasteiger partial charge in [-0.1, -0.05) is 30.9 Å². The fourth-order valence-electron chi connectivity index (χ4n) is 3.54. The predicted molar refractivity (Wildman–Crippen MR) is 86.5 cm³/mol. The van der Waals surface area contributed by atoms with Crippen molar-refractivity contribution < 1.29 is 14.4 Å². The molecule has 1 heterocycles. The lowest BCUT2D eigenvalue weighted by Crippen LogP contribution is -2.49. The summed E-state index contributed by atoms with van der Waals surface area (Å²) < 4.78 is 0. The minimum absolute atomic E-state index is 0.217. The third kappa shape index (κ3) is 2.63. The van der Waals surface area contributed by atoms with E-state index in [0.717, 1.165) is 24.2 Å². The molecule has 0 atom stereocenters. The summed E-state index contributed by atoms with van der Waals surface area (Å²) in [5.41, 5.74) is -0.294. The molecule has 6 heteroatoms. The van der Waals surface area contributed by atoms with Gasteiger partial charge in [-0.2, -0.15) is 0 Å². The van der Waals surface area contributed by atoms with E-state index in [-0.39, 0.29) is 24.3 Å². The average Bonchev–Trinajstić information content (AvgIpc) is 2.72. The zero-order valence-corrected chi connectivity index (χ0v) is 13.8. The highest BCUT2D eigenvalue weighted by molar-refractivity contribution is 6.30. The van der Waals surface area contributed by atoms with Crippen LogP contribution in [0.25, 0.3) is 0 Å². The molecule has 1 spiro atoms. The average molecular weight is 335 g/mol. The molecule has 1 saturated heterocycles. The van der Waals surface area contributed by atoms with E-state index in [1.807, 2.05) is 0 Å². The lowest BCUT2D eigenvalue weighted by atomic mass is 9.80. The van der Waals surface area contributed by atoms with Crippen molar-refractivity contribution in [3.05, 3.63) is 34.9 Å². The molecule has 0 bridgehead atoms. The summed E-state index contributed by atoms with van der Waals surface area (Å²) in [6.45, 7) is -0.217. The molecule has 0 N–H and O–H groups in total. The van der Waals surface area contributed by atoms with Gasteiger partial charge in [-0.05, 0) is 37.1 Å². The highest BCUT2D eigenvalue weighted by atomic mass is 35.5. The summed E-state index contributed by atoms with van der Waals surface area (Å²) in [5, 5.41) is 0.538. The number of nitrogens with zero attached hydrogens (tertiary/aromatic N) is 2. The number of halogens is 1. The van der Waals surface area contributed by atoms with Gasteiger partial charge in [-0.15, -0.1) is 0 Å². The molecule has 0 radical (unpaired) electrons. The molecule has 0 unspecified atom stereocenters. The molecule has 1 aliphatic heterocycles. The summed E-state index contributed by atoms with van der Waals surface area (Å²) in [5.74, 6) is -0.489. The molecule has 3 amide bonds. The number of urea groups is 1. The van der Waals surface area contributed by atoms with Crippen LogP contribution in [-0.2, 0) is 4.79 Å². The Bertz CT molecular complexity index is 650. The smallest absolute Gasteiger partial charge is 0.313 e. The molecular formula is C17H19ClN2O3. The zero-order valence-electron chi connectivity index (χ0n) is 13.0. The van der Waals surface area contributed by atoms with E-state index >= 15 is 0 Å². The third-order valence-electron chi connectivity index (χ3n) is 4.95. The summed E-state index contributed by atoms with van der Waals surface area (Å²) in [6.07, 6.45) is 4.31. The lowest BCUT2D eigenvalue weighted by Gasteiger charge is -2.35. The molecule has 3 rings (SSSR count). The second-order valence-corrected chi connectivity index (χ2v) is 6.69. The number of rotatable bonds is 3. The second-order valence-electron chi connectivity index (χ2n) is 6.26. The number of hydrogen-bond donors (Lipinski definition) is 0. The fraction of sp³-hybridized carbons (Fsp3) is 0.471. The molecule has 2 aliphatic rings. The van der Waals surface area contributed by atoms with Crippen molar-refractivity contribution in [1.82, 2.24) is 9.80 Å². The maximum atomic E-state index is 12.8. The van der Waals surface area contributed by atoms with Gasteiger partial charge in [0.2, 0.25) is 0 Å². The van der Waals surface area contributed by atoms with Crippen molar-refractivity contribution in [2.45, 2.75) is 37.6 Å². The Kier molecular flexibility index (Phi) is 4.15. The molecule has 1 saturated carbocycles. The molecule has 1 aromatic carbocycles. The summed E-state index contributed by atoms with van der Waals surface area (Å²) in [6, 6.07) is 6.08. The van der Waals surface area contributed by atoms with Crippen molar-refractivity contribution >= 4 is 29.3 Å². The largest absolute Gasteiger partial charge is 0.327 e. The van der Waals surface area contributed by atoms with Crippen molar-refractivity contribution in [3.63, 3.8) is 0 Å². The molecule has 122 valence electrons. The first-order chi connectivity index (χ1) is 11.0. The lowest BCUT2D eigenvalue weighted by molar-refractivity contribution is -0.134. The number of hydrogen-bond acceptors (Lipinski definition) is 3. The molecule has 1 aliphatic carbocycles. The van der Waals surface area contributed by atoms with Crippen LogP contribution in [0.3, 0.4) is 0 Å². The first-order valence-corrected chi connectivity index (χ1v) is 8.22. The quantitative estimate of drug-likeness (QED) is 0.630. The molecule has 1 aromatic rings. The van der Waals surface area contributed by atoms with Gasteiger partial charge in [-0.25, -0.2) is 4.79 Å². The number of imide groups is 1. The molecule has 23 heavy (non-hydrogen) atoms. The number of amides is 3. The highest BCUT2D eigenvalue weighted by Gasteiger charge is 2.55. The van der Waals surface area contributed by atoms with Gasteiger partial charge < -0.3 is 4.90 Å². The number of likely N-dealkylation sites (N-methyl/N-ethyl adjacent to an activating group) is 1. The number of benzene rings is 1. The maximum Gasteiger partial charge on any atom is 0.327 e.